The lowest BCUT2D eigenvalue weighted by Crippen LogP contribution is -2.52. The van der Waals surface area contributed by atoms with E-state index in [1.54, 1.807) is 0 Å². The maximum absolute atomic E-state index is 8.86. The lowest BCUT2D eigenvalue weighted by Gasteiger charge is -2.44. The van der Waals surface area contributed by atoms with Crippen LogP contribution in [0.3, 0.4) is 0 Å². The molecule has 0 saturated carbocycles. The molecule has 3 fully saturated rings. The number of hydrogen-bond acceptors (Lipinski definition) is 3. The summed E-state index contributed by atoms with van der Waals surface area (Å²) >= 11 is 0. The highest BCUT2D eigenvalue weighted by Crippen LogP contribution is 2.30. The third-order valence-electron chi connectivity index (χ3n) is 3.85. The van der Waals surface area contributed by atoms with Gasteiger partial charge in [-0.25, -0.2) is 0 Å². The van der Waals surface area contributed by atoms with E-state index in [1.165, 1.54) is 25.9 Å². The normalized spacial score (nSPS) is 30.9. The minimum Gasteiger partial charge on any atom is -0.489 e. The van der Waals surface area contributed by atoms with Gasteiger partial charge in [-0.3, -0.25) is 4.90 Å². The van der Waals surface area contributed by atoms with Gasteiger partial charge in [0.25, 0.3) is 0 Å². The summed E-state index contributed by atoms with van der Waals surface area (Å²) in [6.07, 6.45) is 2.82. The average molecular weight is 228 g/mol. The summed E-state index contributed by atoms with van der Waals surface area (Å²) in [6, 6.07) is 9.62. The van der Waals surface area contributed by atoms with Crippen LogP contribution in [0, 0.1) is 17.2 Å². The van der Waals surface area contributed by atoms with Crippen molar-refractivity contribution in [1.29, 1.82) is 5.26 Å². The highest BCUT2D eigenvalue weighted by atomic mass is 16.5. The maximum Gasteiger partial charge on any atom is 0.121 e. The van der Waals surface area contributed by atoms with Crippen molar-refractivity contribution in [1.82, 2.24) is 4.90 Å². The molecular formula is C14H16N2O. The number of rotatable bonds is 2. The largest absolute Gasteiger partial charge is 0.489 e. The first-order chi connectivity index (χ1) is 8.35. The first kappa shape index (κ1) is 10.6. The molecule has 0 N–H and O–H groups in total. The molecular weight excluding hydrogens is 212 g/mol. The van der Waals surface area contributed by atoms with E-state index in [1.807, 2.05) is 24.3 Å². The topological polar surface area (TPSA) is 36.3 Å². The molecule has 3 aliphatic heterocycles. The van der Waals surface area contributed by atoms with Crippen LogP contribution >= 0.6 is 0 Å². The fourth-order valence-electron chi connectivity index (χ4n) is 2.86. The smallest absolute Gasteiger partial charge is 0.121 e. The molecule has 0 amide bonds. The van der Waals surface area contributed by atoms with Crippen molar-refractivity contribution in [2.75, 3.05) is 19.6 Å². The second kappa shape index (κ2) is 4.38. The molecule has 3 saturated heterocycles. The van der Waals surface area contributed by atoms with E-state index in [4.69, 9.17) is 10.00 Å². The molecule has 1 atom stereocenters. The average Bonchev–Trinajstić information content (AvgIpc) is 2.40. The number of hydrogen-bond donors (Lipinski definition) is 0. The second-order valence-electron chi connectivity index (χ2n) is 4.93. The lowest BCUT2D eigenvalue weighted by atomic mass is 9.86. The van der Waals surface area contributed by atoms with Crippen LogP contribution in [0.25, 0.3) is 0 Å². The lowest BCUT2D eigenvalue weighted by molar-refractivity contribution is -0.00776. The Labute approximate surface area is 102 Å². The molecule has 0 aromatic heterocycles. The molecule has 3 heteroatoms. The first-order valence-electron chi connectivity index (χ1n) is 6.24. The van der Waals surface area contributed by atoms with E-state index < -0.39 is 0 Å². The van der Waals surface area contributed by atoms with Crippen LogP contribution in [-0.4, -0.2) is 30.6 Å². The Balaban J connectivity index is 1.72. The van der Waals surface area contributed by atoms with Gasteiger partial charge >= 0.3 is 0 Å². The predicted molar refractivity (Wildman–Crippen MR) is 64.7 cm³/mol. The summed E-state index contributed by atoms with van der Waals surface area (Å²) < 4.78 is 6.04. The van der Waals surface area contributed by atoms with Crippen molar-refractivity contribution in [3.8, 4) is 11.8 Å². The maximum atomic E-state index is 8.86. The highest BCUT2D eigenvalue weighted by Gasteiger charge is 2.35. The summed E-state index contributed by atoms with van der Waals surface area (Å²) in [6.45, 7) is 3.49. The molecule has 1 aromatic rings. The molecule has 2 bridgehead atoms. The van der Waals surface area contributed by atoms with Crippen LogP contribution in [0.4, 0.5) is 0 Å². The fourth-order valence-corrected chi connectivity index (χ4v) is 2.86. The Kier molecular flexibility index (Phi) is 2.74. The Morgan fingerprint density at radius 1 is 1.29 bits per heavy atom. The third-order valence-corrected chi connectivity index (χ3v) is 3.85. The summed E-state index contributed by atoms with van der Waals surface area (Å²) in [7, 11) is 0. The molecule has 88 valence electrons. The van der Waals surface area contributed by atoms with E-state index in [0.29, 0.717) is 17.6 Å². The zero-order chi connectivity index (χ0) is 11.7. The van der Waals surface area contributed by atoms with E-state index >= 15 is 0 Å². The van der Waals surface area contributed by atoms with Gasteiger partial charge in [0.05, 0.1) is 11.6 Å². The van der Waals surface area contributed by atoms with Crippen LogP contribution in [0.5, 0.6) is 5.75 Å². The molecule has 3 nitrogen and oxygen atoms in total. The van der Waals surface area contributed by atoms with Crippen LogP contribution in [0.1, 0.15) is 18.4 Å². The van der Waals surface area contributed by atoms with E-state index in [-0.39, 0.29) is 0 Å². The number of nitrogens with zero attached hydrogens (tertiary/aromatic N) is 2. The van der Waals surface area contributed by atoms with Crippen molar-refractivity contribution in [2.24, 2.45) is 5.92 Å². The summed E-state index contributed by atoms with van der Waals surface area (Å²) in [5, 5.41) is 8.86. The molecule has 3 aliphatic rings. The first-order valence-corrected chi connectivity index (χ1v) is 6.24. The molecule has 17 heavy (non-hydrogen) atoms. The standard InChI is InChI=1S/C14H16N2O/c15-9-11-2-1-3-13(8-11)17-14-10-16-6-4-12(14)5-7-16/h1-3,8,12,14H,4-7,10H2/t14-/m0/s1. The van der Waals surface area contributed by atoms with Crippen LogP contribution in [0.15, 0.2) is 24.3 Å². The Morgan fingerprint density at radius 3 is 2.76 bits per heavy atom. The van der Waals surface area contributed by atoms with Crippen LogP contribution < -0.4 is 4.74 Å². The van der Waals surface area contributed by atoms with Gasteiger partial charge in [0.1, 0.15) is 11.9 Å². The zero-order valence-electron chi connectivity index (χ0n) is 9.80. The summed E-state index contributed by atoms with van der Waals surface area (Å²) in [5.74, 6) is 1.54. The molecule has 0 radical (unpaired) electrons. The van der Waals surface area contributed by atoms with Gasteiger partial charge in [-0.1, -0.05) is 6.07 Å². The minimum atomic E-state index is 0.312. The molecule has 4 rings (SSSR count). The molecule has 0 unspecified atom stereocenters. The van der Waals surface area contributed by atoms with Crippen molar-refractivity contribution >= 4 is 0 Å². The number of fused-ring (bicyclic) bond motifs is 3. The summed E-state index contributed by atoms with van der Waals surface area (Å²) in [5.41, 5.74) is 0.670. The van der Waals surface area contributed by atoms with Gasteiger partial charge in [-0.15, -0.1) is 0 Å². The van der Waals surface area contributed by atoms with Gasteiger partial charge in [-0.2, -0.15) is 5.26 Å². The fraction of sp³-hybridized carbons (Fsp3) is 0.500. The highest BCUT2D eigenvalue weighted by molar-refractivity contribution is 5.36. The van der Waals surface area contributed by atoms with Crippen molar-refractivity contribution in [3.63, 3.8) is 0 Å². The van der Waals surface area contributed by atoms with Gasteiger partial charge in [0.15, 0.2) is 0 Å². The minimum absolute atomic E-state index is 0.312. The van der Waals surface area contributed by atoms with Crippen LogP contribution in [0.2, 0.25) is 0 Å². The predicted octanol–water partition coefficient (Wildman–Crippen LogP) is 2.03. The van der Waals surface area contributed by atoms with Crippen molar-refractivity contribution in [2.45, 2.75) is 18.9 Å². The number of ether oxygens (including phenoxy) is 1. The van der Waals surface area contributed by atoms with Crippen molar-refractivity contribution < 1.29 is 4.74 Å². The molecule has 0 aliphatic carbocycles. The van der Waals surface area contributed by atoms with Gasteiger partial charge in [-0.05, 0) is 50.0 Å². The number of benzene rings is 1. The monoisotopic (exact) mass is 228 g/mol. The Hall–Kier alpha value is -1.53. The van der Waals surface area contributed by atoms with E-state index in [9.17, 15) is 0 Å². The molecule has 3 heterocycles. The van der Waals surface area contributed by atoms with Gasteiger partial charge in [0.2, 0.25) is 0 Å². The van der Waals surface area contributed by atoms with E-state index in [2.05, 4.69) is 11.0 Å². The summed E-state index contributed by atoms with van der Waals surface area (Å²) in [4.78, 5) is 2.47. The molecule has 0 spiro atoms. The Morgan fingerprint density at radius 2 is 2.12 bits per heavy atom. The second-order valence-corrected chi connectivity index (χ2v) is 4.93. The number of nitriles is 1. The quantitative estimate of drug-likeness (QED) is 0.777. The third kappa shape index (κ3) is 2.13. The molecule has 1 aromatic carbocycles. The van der Waals surface area contributed by atoms with E-state index in [0.717, 1.165) is 12.3 Å². The SMILES string of the molecule is N#Cc1cccc(O[C@H]2CN3CCC2CC3)c1. The Bertz CT molecular complexity index is 444. The van der Waals surface area contributed by atoms with Gasteiger partial charge in [0, 0.05) is 6.54 Å². The zero-order valence-corrected chi connectivity index (χ0v) is 9.80. The van der Waals surface area contributed by atoms with Gasteiger partial charge < -0.3 is 4.74 Å². The van der Waals surface area contributed by atoms with Crippen LogP contribution in [-0.2, 0) is 0 Å². The number of piperidine rings is 3. The van der Waals surface area contributed by atoms with Crippen molar-refractivity contribution in [3.05, 3.63) is 29.8 Å².